The van der Waals surface area contributed by atoms with Gasteiger partial charge in [-0.2, -0.15) is 8.42 Å². The van der Waals surface area contributed by atoms with Crippen molar-refractivity contribution in [3.8, 4) is 0 Å². The Morgan fingerprint density at radius 3 is 1.79 bits per heavy atom. The topological polar surface area (TPSA) is 34.1 Å². The first-order valence-electron chi connectivity index (χ1n) is 3.97. The van der Waals surface area contributed by atoms with E-state index in [2.05, 4.69) is 0 Å². The first-order chi connectivity index (χ1) is 5.86. The molecule has 0 unspecified atom stereocenters. The van der Waals surface area contributed by atoms with Gasteiger partial charge in [-0.3, -0.25) is 0 Å². The maximum Gasteiger partial charge on any atom is 0.326 e. The summed E-state index contributed by atoms with van der Waals surface area (Å²) in [5.41, 5.74) is 0. The van der Waals surface area contributed by atoms with E-state index in [4.69, 9.17) is 0 Å². The molecule has 0 fully saturated rings. The number of nitrogens with zero attached hydrogens (tertiary/aromatic N) is 1. The Morgan fingerprint density at radius 1 is 1.00 bits per heavy atom. The van der Waals surface area contributed by atoms with E-state index < -0.39 is 10.0 Å². The fourth-order valence-corrected chi connectivity index (χ4v) is 2.04. The zero-order chi connectivity index (χ0) is 10.1. The Morgan fingerprint density at radius 2 is 1.43 bits per heavy atom. The molecule has 0 spiro atoms. The van der Waals surface area contributed by atoms with Gasteiger partial charge in [0, 0.05) is 0 Å². The summed E-state index contributed by atoms with van der Waals surface area (Å²) >= 11 is 0. The third kappa shape index (κ3) is 2.56. The van der Waals surface area contributed by atoms with Gasteiger partial charge in [-0.05, 0) is 12.1 Å². The minimum absolute atomic E-state index is 0. The largest absolute Gasteiger partial charge is 1.00 e. The van der Waals surface area contributed by atoms with Crippen molar-refractivity contribution in [1.82, 2.24) is 0 Å². The molecule has 0 aliphatic heterocycles. The summed E-state index contributed by atoms with van der Waals surface area (Å²) in [6, 6.07) is 8.47. The van der Waals surface area contributed by atoms with Gasteiger partial charge in [0.1, 0.15) is 4.90 Å². The molecule has 5 heteroatoms. The zero-order valence-electron chi connectivity index (χ0n) is 8.44. The van der Waals surface area contributed by atoms with Crippen LogP contribution in [0.1, 0.15) is 0 Å². The highest BCUT2D eigenvalue weighted by molar-refractivity contribution is 7.85. The van der Waals surface area contributed by atoms with E-state index in [1.54, 1.807) is 51.5 Å². The minimum Gasteiger partial charge on any atom is -1.00 e. The molecular weight excluding hydrogens is 266 g/mol. The summed E-state index contributed by atoms with van der Waals surface area (Å²) in [6.45, 7) is 0. The molecule has 0 amide bonds. The van der Waals surface area contributed by atoms with Crippen molar-refractivity contribution < 1.29 is 29.3 Å². The predicted molar refractivity (Wildman–Crippen MR) is 51.7 cm³/mol. The molecule has 0 aliphatic rings. The first kappa shape index (κ1) is 13.6. The van der Waals surface area contributed by atoms with E-state index in [9.17, 15) is 8.42 Å². The van der Waals surface area contributed by atoms with Gasteiger partial charge in [-0.15, -0.1) is 0 Å². The molecule has 80 valence electrons. The number of benzene rings is 1. The molecule has 0 aromatic heterocycles. The minimum atomic E-state index is -3.24. The Bertz CT molecular complexity index is 381. The van der Waals surface area contributed by atoms with Crippen LogP contribution in [0.15, 0.2) is 35.2 Å². The summed E-state index contributed by atoms with van der Waals surface area (Å²) in [4.78, 5) is 0.363. The lowest BCUT2D eigenvalue weighted by atomic mass is 10.4. The van der Waals surface area contributed by atoms with E-state index in [1.807, 2.05) is 0 Å². The molecule has 0 radical (unpaired) electrons. The normalized spacial score (nSPS) is 11.9. The monoisotopic (exact) mass is 279 g/mol. The van der Waals surface area contributed by atoms with Gasteiger partial charge in [-0.25, -0.2) is 3.89 Å². The van der Waals surface area contributed by atoms with Crippen molar-refractivity contribution in [3.63, 3.8) is 0 Å². The third-order valence-corrected chi connectivity index (χ3v) is 4.07. The van der Waals surface area contributed by atoms with Gasteiger partial charge in [0.2, 0.25) is 0 Å². The van der Waals surface area contributed by atoms with Gasteiger partial charge in [0.25, 0.3) is 0 Å². The quantitative estimate of drug-likeness (QED) is 0.592. The van der Waals surface area contributed by atoms with Gasteiger partial charge < -0.3 is 17.0 Å². The average Bonchev–Trinajstić information content (AvgIpc) is 2.04. The highest BCUT2D eigenvalue weighted by Crippen LogP contribution is 2.16. The fourth-order valence-electron chi connectivity index (χ4n) is 0.909. The van der Waals surface area contributed by atoms with Crippen molar-refractivity contribution >= 4 is 10.0 Å². The third-order valence-electron chi connectivity index (χ3n) is 1.76. The summed E-state index contributed by atoms with van der Waals surface area (Å²) in [5.74, 6) is 0. The second-order valence-corrected chi connectivity index (χ2v) is 6.19. The molecule has 0 N–H and O–H groups in total. The molecule has 1 aromatic carbocycles. The lowest BCUT2D eigenvalue weighted by Gasteiger charge is -2.22. The Kier molecular flexibility index (Phi) is 4.30. The van der Waals surface area contributed by atoms with Crippen molar-refractivity contribution in [2.75, 3.05) is 21.1 Å². The van der Waals surface area contributed by atoms with Crippen molar-refractivity contribution in [2.45, 2.75) is 4.90 Å². The molecule has 1 rings (SSSR count). The first-order valence-corrected chi connectivity index (χ1v) is 5.41. The second kappa shape index (κ2) is 4.42. The molecule has 0 saturated heterocycles. The Hall–Kier alpha value is -0.390. The summed E-state index contributed by atoms with van der Waals surface area (Å²) in [7, 11) is 1.68. The molecule has 1 aromatic rings. The second-order valence-electron chi connectivity index (χ2n) is 3.68. The van der Waals surface area contributed by atoms with Crippen molar-refractivity contribution in [1.29, 1.82) is 0 Å². The number of sulfonamides is 1. The lowest BCUT2D eigenvalue weighted by Crippen LogP contribution is -3.00. The Balaban J connectivity index is 0.00000169. The predicted octanol–water partition coefficient (Wildman–Crippen LogP) is -1.91. The lowest BCUT2D eigenvalue weighted by molar-refractivity contribution is -0.739. The maximum absolute atomic E-state index is 11.8. The van der Waals surface area contributed by atoms with E-state index in [-0.39, 0.29) is 20.9 Å². The van der Waals surface area contributed by atoms with Crippen LogP contribution in [0.25, 0.3) is 0 Å². The van der Waals surface area contributed by atoms with Crippen LogP contribution >= 0.6 is 0 Å². The van der Waals surface area contributed by atoms with Crippen LogP contribution in [0.3, 0.4) is 0 Å². The van der Waals surface area contributed by atoms with Gasteiger partial charge in [-0.1, -0.05) is 18.2 Å². The number of hydrogen-bond donors (Lipinski definition) is 0. The molecule has 14 heavy (non-hydrogen) atoms. The molecule has 0 atom stereocenters. The molecule has 0 aliphatic carbocycles. The number of halogens is 1. The number of quaternary nitrogens is 1. The highest BCUT2D eigenvalue weighted by atomic mass is 79.9. The summed E-state index contributed by atoms with van der Waals surface area (Å²) in [6.07, 6.45) is 0. The molecule has 0 saturated carbocycles. The van der Waals surface area contributed by atoms with E-state index in [1.165, 1.54) is 0 Å². The van der Waals surface area contributed by atoms with Crippen LogP contribution in [0.5, 0.6) is 0 Å². The van der Waals surface area contributed by atoms with E-state index >= 15 is 0 Å². The maximum atomic E-state index is 11.8. The molecule has 3 nitrogen and oxygen atoms in total. The molecular formula is C9H14BrNO2S. The van der Waals surface area contributed by atoms with Crippen LogP contribution in [0, 0.1) is 0 Å². The SMILES string of the molecule is C[N+](C)(C)S(=O)(=O)c1ccccc1.[Br-]. The van der Waals surface area contributed by atoms with Gasteiger partial charge in [0.15, 0.2) is 0 Å². The van der Waals surface area contributed by atoms with Crippen LogP contribution < -0.4 is 17.0 Å². The van der Waals surface area contributed by atoms with Crippen LogP contribution in [-0.4, -0.2) is 33.4 Å². The average molecular weight is 280 g/mol. The molecule has 0 heterocycles. The van der Waals surface area contributed by atoms with E-state index in [0.29, 0.717) is 4.90 Å². The Labute approximate surface area is 95.8 Å². The smallest absolute Gasteiger partial charge is 0.326 e. The van der Waals surface area contributed by atoms with Crippen molar-refractivity contribution in [3.05, 3.63) is 30.3 Å². The van der Waals surface area contributed by atoms with Crippen molar-refractivity contribution in [2.24, 2.45) is 0 Å². The van der Waals surface area contributed by atoms with Gasteiger partial charge >= 0.3 is 10.0 Å². The van der Waals surface area contributed by atoms with Crippen LogP contribution in [0.4, 0.5) is 0 Å². The van der Waals surface area contributed by atoms with Crippen LogP contribution in [-0.2, 0) is 10.0 Å². The zero-order valence-corrected chi connectivity index (χ0v) is 10.8. The fraction of sp³-hybridized carbons (Fsp3) is 0.333. The van der Waals surface area contributed by atoms with Crippen LogP contribution in [0.2, 0.25) is 0 Å². The molecule has 0 bridgehead atoms. The summed E-state index contributed by atoms with van der Waals surface area (Å²) < 4.78 is 23.6. The summed E-state index contributed by atoms with van der Waals surface area (Å²) in [5, 5.41) is 0. The number of rotatable bonds is 2. The van der Waals surface area contributed by atoms with E-state index in [0.717, 1.165) is 0 Å². The van der Waals surface area contributed by atoms with Gasteiger partial charge in [0.05, 0.1) is 21.1 Å². The number of hydrogen-bond acceptors (Lipinski definition) is 2. The standard InChI is InChI=1S/C9H14NO2S.BrH/c1-10(2,3)13(11,12)9-7-5-4-6-8-9;/h4-8H,1-3H3;1H/q+1;/p-1. The highest BCUT2D eigenvalue weighted by Gasteiger charge is 2.29.